The van der Waals surface area contributed by atoms with Crippen LogP contribution in [0.4, 0.5) is 13.2 Å². The molecule has 0 aliphatic heterocycles. The molecule has 1 N–H and O–H groups in total. The Hall–Kier alpha value is -2.79. The maximum Gasteiger partial charge on any atom is 0.416 e. The molecule has 2 aromatic heterocycles. The van der Waals surface area contributed by atoms with Gasteiger partial charge >= 0.3 is 6.18 Å². The van der Waals surface area contributed by atoms with Crippen LogP contribution in [0.2, 0.25) is 0 Å². The fourth-order valence-corrected chi connectivity index (χ4v) is 3.30. The number of hydrogen-bond acceptors (Lipinski definition) is 6. The molecule has 1 aromatic carbocycles. The molecule has 0 unspecified atom stereocenters. The maximum absolute atomic E-state index is 12.9. The van der Waals surface area contributed by atoms with Gasteiger partial charge in [-0.1, -0.05) is 6.07 Å². The van der Waals surface area contributed by atoms with Crippen molar-refractivity contribution in [2.45, 2.75) is 24.4 Å². The molecule has 148 valence electrons. The average Bonchev–Trinajstić information content (AvgIpc) is 3.07. The number of nitrogens with one attached hydrogen (secondary N) is 1. The molecular formula is C17H15F3N4O3S. The van der Waals surface area contributed by atoms with Crippen molar-refractivity contribution < 1.29 is 26.0 Å². The van der Waals surface area contributed by atoms with Gasteiger partial charge in [0.05, 0.1) is 10.5 Å². The van der Waals surface area contributed by atoms with Crippen LogP contribution in [0.5, 0.6) is 0 Å². The predicted molar refractivity (Wildman–Crippen MR) is 92.8 cm³/mol. The monoisotopic (exact) mass is 412 g/mol. The summed E-state index contributed by atoms with van der Waals surface area (Å²) in [6.45, 7) is 1.57. The zero-order valence-corrected chi connectivity index (χ0v) is 15.6. The number of sulfonamides is 1. The Kier molecular flexibility index (Phi) is 5.22. The summed E-state index contributed by atoms with van der Waals surface area (Å²) in [7, 11) is -2.47. The minimum absolute atomic E-state index is 0.0144. The van der Waals surface area contributed by atoms with Gasteiger partial charge in [-0.2, -0.15) is 13.2 Å². The fourth-order valence-electron chi connectivity index (χ4n) is 2.55. The highest BCUT2D eigenvalue weighted by Crippen LogP contribution is 2.31. The van der Waals surface area contributed by atoms with E-state index in [0.717, 1.165) is 18.3 Å². The molecule has 0 atom stereocenters. The second-order valence-corrected chi connectivity index (χ2v) is 7.75. The SMILES string of the molecule is CNS(=O)(=O)c1ccc(Cc2cc(C(F)(F)F)ccn2)c(-c2nnc(C)o2)c1. The zero-order valence-electron chi connectivity index (χ0n) is 14.8. The largest absolute Gasteiger partial charge is 0.421 e. The molecule has 0 radical (unpaired) electrons. The zero-order chi connectivity index (χ0) is 20.5. The van der Waals surface area contributed by atoms with E-state index in [1.54, 1.807) is 6.92 Å². The Bertz CT molecular complexity index is 1110. The summed E-state index contributed by atoms with van der Waals surface area (Å²) in [6, 6.07) is 6.00. The predicted octanol–water partition coefficient (Wildman–Crippen LogP) is 2.96. The normalized spacial score (nSPS) is 12.3. The Morgan fingerprint density at radius 1 is 1.14 bits per heavy atom. The van der Waals surface area contributed by atoms with Crippen molar-refractivity contribution >= 4 is 10.0 Å². The molecule has 0 amide bonds. The number of halogens is 3. The van der Waals surface area contributed by atoms with Crippen LogP contribution in [0.15, 0.2) is 45.8 Å². The summed E-state index contributed by atoms with van der Waals surface area (Å²) in [5, 5.41) is 7.62. The summed E-state index contributed by atoms with van der Waals surface area (Å²) in [5.41, 5.74) is 0.139. The van der Waals surface area contributed by atoms with Crippen molar-refractivity contribution in [1.82, 2.24) is 19.9 Å². The molecule has 0 saturated heterocycles. The smallest absolute Gasteiger partial charge is 0.416 e. The third-order valence-corrected chi connectivity index (χ3v) is 5.34. The van der Waals surface area contributed by atoms with E-state index in [0.29, 0.717) is 11.1 Å². The lowest BCUT2D eigenvalue weighted by Crippen LogP contribution is -2.18. The minimum Gasteiger partial charge on any atom is -0.421 e. The van der Waals surface area contributed by atoms with Gasteiger partial charge in [-0.3, -0.25) is 4.98 Å². The lowest BCUT2D eigenvalue weighted by atomic mass is 10.0. The van der Waals surface area contributed by atoms with Crippen molar-refractivity contribution in [2.24, 2.45) is 0 Å². The number of rotatable bonds is 5. The third kappa shape index (κ3) is 4.20. The van der Waals surface area contributed by atoms with Crippen LogP contribution in [-0.2, 0) is 22.6 Å². The average molecular weight is 412 g/mol. The van der Waals surface area contributed by atoms with Gasteiger partial charge in [0.15, 0.2) is 0 Å². The highest BCUT2D eigenvalue weighted by atomic mass is 32.2. The maximum atomic E-state index is 12.9. The van der Waals surface area contributed by atoms with E-state index in [2.05, 4.69) is 19.9 Å². The lowest BCUT2D eigenvalue weighted by molar-refractivity contribution is -0.137. The van der Waals surface area contributed by atoms with Crippen LogP contribution < -0.4 is 4.72 Å². The van der Waals surface area contributed by atoms with Crippen LogP contribution in [0.3, 0.4) is 0 Å². The molecule has 3 rings (SSSR count). The number of aryl methyl sites for hydroxylation is 1. The van der Waals surface area contributed by atoms with E-state index in [9.17, 15) is 21.6 Å². The van der Waals surface area contributed by atoms with Crippen molar-refractivity contribution in [3.05, 3.63) is 59.2 Å². The Morgan fingerprint density at radius 3 is 2.50 bits per heavy atom. The molecule has 3 aromatic rings. The summed E-state index contributed by atoms with van der Waals surface area (Å²) >= 11 is 0. The van der Waals surface area contributed by atoms with Crippen molar-refractivity contribution in [3.8, 4) is 11.5 Å². The molecule has 2 heterocycles. The van der Waals surface area contributed by atoms with Crippen molar-refractivity contribution in [2.75, 3.05) is 7.05 Å². The molecule has 11 heteroatoms. The second-order valence-electron chi connectivity index (χ2n) is 5.86. The van der Waals surface area contributed by atoms with Crippen molar-refractivity contribution in [1.29, 1.82) is 0 Å². The number of benzene rings is 1. The summed E-state index contributed by atoms with van der Waals surface area (Å²) < 4.78 is 70.6. The minimum atomic E-state index is -4.49. The van der Waals surface area contributed by atoms with Gasteiger partial charge < -0.3 is 4.42 Å². The first-order chi connectivity index (χ1) is 13.1. The first-order valence-electron chi connectivity index (χ1n) is 7.99. The van der Waals surface area contributed by atoms with E-state index in [-0.39, 0.29) is 28.8 Å². The van der Waals surface area contributed by atoms with Gasteiger partial charge in [0.25, 0.3) is 0 Å². The quantitative estimate of drug-likeness (QED) is 0.692. The van der Waals surface area contributed by atoms with Crippen LogP contribution in [0, 0.1) is 6.92 Å². The molecule has 28 heavy (non-hydrogen) atoms. The van der Waals surface area contributed by atoms with Crippen LogP contribution in [0.25, 0.3) is 11.5 Å². The molecular weight excluding hydrogens is 397 g/mol. The van der Waals surface area contributed by atoms with E-state index >= 15 is 0 Å². The van der Waals surface area contributed by atoms with E-state index in [1.165, 1.54) is 25.2 Å². The molecule has 0 bridgehead atoms. The highest BCUT2D eigenvalue weighted by molar-refractivity contribution is 7.89. The van der Waals surface area contributed by atoms with E-state index in [1.807, 2.05) is 0 Å². The van der Waals surface area contributed by atoms with E-state index < -0.39 is 21.8 Å². The molecule has 0 aliphatic rings. The van der Waals surface area contributed by atoms with Gasteiger partial charge in [-0.25, -0.2) is 13.1 Å². The Morgan fingerprint density at radius 2 is 1.89 bits per heavy atom. The van der Waals surface area contributed by atoms with Crippen LogP contribution >= 0.6 is 0 Å². The van der Waals surface area contributed by atoms with Gasteiger partial charge in [-0.05, 0) is 36.9 Å². The number of hydrogen-bond donors (Lipinski definition) is 1. The fraction of sp³-hybridized carbons (Fsp3) is 0.235. The Labute approximate surface area is 158 Å². The number of aromatic nitrogens is 3. The van der Waals surface area contributed by atoms with E-state index in [4.69, 9.17) is 4.42 Å². The number of alkyl halides is 3. The highest BCUT2D eigenvalue weighted by Gasteiger charge is 2.30. The summed E-state index contributed by atoms with van der Waals surface area (Å²) in [6.07, 6.45) is -3.40. The number of pyridine rings is 1. The third-order valence-electron chi connectivity index (χ3n) is 3.93. The molecule has 0 saturated carbocycles. The standard InChI is InChI=1S/C17H15F3N4O3S/c1-10-23-24-16(27-10)15-9-14(28(25,26)21-2)4-3-11(15)7-13-8-12(5-6-22-13)17(18,19)20/h3-6,8-9,21H,7H2,1-2H3. The first-order valence-corrected chi connectivity index (χ1v) is 9.47. The van der Waals surface area contributed by atoms with Crippen molar-refractivity contribution in [3.63, 3.8) is 0 Å². The first kappa shape index (κ1) is 20.0. The van der Waals surface area contributed by atoms with Gasteiger partial charge in [0.2, 0.25) is 21.8 Å². The second kappa shape index (κ2) is 7.32. The molecule has 0 spiro atoms. The molecule has 0 aliphatic carbocycles. The summed E-state index contributed by atoms with van der Waals surface area (Å²) in [5.74, 6) is 0.327. The number of nitrogens with zero attached hydrogens (tertiary/aromatic N) is 3. The lowest BCUT2D eigenvalue weighted by Gasteiger charge is -2.11. The van der Waals surface area contributed by atoms with Gasteiger partial charge in [0, 0.05) is 30.8 Å². The topological polar surface area (TPSA) is 98.0 Å². The van der Waals surface area contributed by atoms with Gasteiger partial charge in [0.1, 0.15) is 0 Å². The van der Waals surface area contributed by atoms with Gasteiger partial charge in [-0.15, -0.1) is 10.2 Å². The summed E-state index contributed by atoms with van der Waals surface area (Å²) in [4.78, 5) is 3.94. The molecule has 7 nitrogen and oxygen atoms in total. The Balaban J connectivity index is 2.08. The molecule has 0 fully saturated rings. The van der Waals surface area contributed by atoms with Crippen LogP contribution in [0.1, 0.15) is 22.7 Å². The van der Waals surface area contributed by atoms with Crippen LogP contribution in [-0.4, -0.2) is 30.6 Å².